The van der Waals surface area contributed by atoms with Crippen molar-refractivity contribution in [1.29, 1.82) is 0 Å². The molecule has 0 unspecified atom stereocenters. The Hall–Kier alpha value is -2.32. The molecule has 0 saturated carbocycles. The van der Waals surface area contributed by atoms with Crippen LogP contribution in [0.25, 0.3) is 10.6 Å². The van der Waals surface area contributed by atoms with Crippen LogP contribution in [0.5, 0.6) is 5.75 Å². The summed E-state index contributed by atoms with van der Waals surface area (Å²) in [6.07, 6.45) is 1.52. The summed E-state index contributed by atoms with van der Waals surface area (Å²) in [6, 6.07) is 9.96. The van der Waals surface area contributed by atoms with Crippen molar-refractivity contribution >= 4 is 27.0 Å². The number of ether oxygens (including phenoxy) is 1. The van der Waals surface area contributed by atoms with Crippen molar-refractivity contribution < 1.29 is 17.7 Å². The molecular weight excluding hydrogens is 336 g/mol. The number of hydrogen-bond donors (Lipinski definition) is 1. The van der Waals surface area contributed by atoms with Crippen LogP contribution in [0.2, 0.25) is 0 Å². The SMILES string of the molecule is COc1ccc(NS(=O)(=O)c2cc(-c3ccno3)sc2C)cc1. The number of methoxy groups -OCH3 is 1. The van der Waals surface area contributed by atoms with E-state index in [1.807, 2.05) is 0 Å². The molecule has 2 heterocycles. The second kappa shape index (κ2) is 6.05. The highest BCUT2D eigenvalue weighted by Crippen LogP contribution is 2.34. The molecule has 0 atom stereocenters. The van der Waals surface area contributed by atoms with Crippen molar-refractivity contribution in [2.45, 2.75) is 11.8 Å². The summed E-state index contributed by atoms with van der Waals surface area (Å²) >= 11 is 1.34. The molecule has 1 aromatic carbocycles. The van der Waals surface area contributed by atoms with Gasteiger partial charge < -0.3 is 9.26 Å². The standard InChI is InChI=1S/C15H14N2O4S2/c1-10-15(9-14(22-10)13-7-8-16-21-13)23(18,19)17-11-3-5-12(20-2)6-4-11/h3-9,17H,1-2H3. The number of aromatic nitrogens is 1. The van der Waals surface area contributed by atoms with Gasteiger partial charge in [0, 0.05) is 16.6 Å². The first kappa shape index (κ1) is 15.6. The summed E-state index contributed by atoms with van der Waals surface area (Å²) in [5.41, 5.74) is 0.470. The zero-order valence-corrected chi connectivity index (χ0v) is 14.1. The zero-order chi connectivity index (χ0) is 16.4. The largest absolute Gasteiger partial charge is 0.497 e. The molecule has 2 aromatic heterocycles. The number of aryl methyl sites for hydroxylation is 1. The minimum atomic E-state index is -3.68. The molecule has 3 aromatic rings. The molecule has 0 radical (unpaired) electrons. The van der Waals surface area contributed by atoms with Gasteiger partial charge in [-0.25, -0.2) is 8.42 Å². The highest BCUT2D eigenvalue weighted by Gasteiger charge is 2.21. The topological polar surface area (TPSA) is 81.4 Å². The first-order valence-electron chi connectivity index (χ1n) is 6.68. The lowest BCUT2D eigenvalue weighted by molar-refractivity contribution is 0.415. The lowest BCUT2D eigenvalue weighted by Gasteiger charge is -2.08. The van der Waals surface area contributed by atoms with E-state index in [9.17, 15) is 8.42 Å². The molecule has 0 aliphatic carbocycles. The van der Waals surface area contributed by atoms with E-state index in [0.717, 1.165) is 4.88 Å². The number of benzene rings is 1. The number of anilines is 1. The monoisotopic (exact) mass is 350 g/mol. The zero-order valence-electron chi connectivity index (χ0n) is 12.4. The first-order valence-corrected chi connectivity index (χ1v) is 8.98. The maximum Gasteiger partial charge on any atom is 0.263 e. The van der Waals surface area contributed by atoms with Gasteiger partial charge in [0.1, 0.15) is 10.6 Å². The van der Waals surface area contributed by atoms with Crippen molar-refractivity contribution in [2.24, 2.45) is 0 Å². The van der Waals surface area contributed by atoms with E-state index in [-0.39, 0.29) is 4.90 Å². The Kier molecular flexibility index (Phi) is 4.10. The van der Waals surface area contributed by atoms with Gasteiger partial charge in [0.2, 0.25) is 0 Å². The molecule has 0 amide bonds. The average molecular weight is 350 g/mol. The molecule has 0 aliphatic rings. The van der Waals surface area contributed by atoms with Gasteiger partial charge in [-0.2, -0.15) is 0 Å². The van der Waals surface area contributed by atoms with Gasteiger partial charge in [0.25, 0.3) is 10.0 Å². The fraction of sp³-hybridized carbons (Fsp3) is 0.133. The maximum atomic E-state index is 12.6. The van der Waals surface area contributed by atoms with Crippen LogP contribution in [-0.2, 0) is 10.0 Å². The van der Waals surface area contributed by atoms with E-state index >= 15 is 0 Å². The maximum absolute atomic E-state index is 12.6. The van der Waals surface area contributed by atoms with E-state index in [4.69, 9.17) is 9.26 Å². The molecular formula is C15H14N2O4S2. The molecule has 0 fully saturated rings. The Labute approximate surface area is 137 Å². The number of rotatable bonds is 5. The summed E-state index contributed by atoms with van der Waals surface area (Å²) in [6.45, 7) is 1.76. The molecule has 0 aliphatic heterocycles. The van der Waals surface area contributed by atoms with Crippen molar-refractivity contribution in [3.63, 3.8) is 0 Å². The molecule has 6 nitrogen and oxygen atoms in total. The van der Waals surface area contributed by atoms with Crippen LogP contribution in [0.1, 0.15) is 4.88 Å². The van der Waals surface area contributed by atoms with Crippen LogP contribution in [0, 0.1) is 6.92 Å². The smallest absolute Gasteiger partial charge is 0.263 e. The highest BCUT2D eigenvalue weighted by atomic mass is 32.2. The van der Waals surface area contributed by atoms with Gasteiger partial charge in [-0.15, -0.1) is 11.3 Å². The summed E-state index contributed by atoms with van der Waals surface area (Å²) < 4.78 is 37.8. The lowest BCUT2D eigenvalue weighted by atomic mass is 10.3. The predicted molar refractivity (Wildman–Crippen MR) is 88.4 cm³/mol. The van der Waals surface area contributed by atoms with Crippen LogP contribution in [0.15, 0.2) is 52.0 Å². The molecule has 8 heteroatoms. The Morgan fingerprint density at radius 1 is 1.22 bits per heavy atom. The van der Waals surface area contributed by atoms with Crippen LogP contribution in [0.3, 0.4) is 0 Å². The minimum absolute atomic E-state index is 0.227. The molecule has 1 N–H and O–H groups in total. The molecule has 120 valence electrons. The Morgan fingerprint density at radius 3 is 2.57 bits per heavy atom. The lowest BCUT2D eigenvalue weighted by Crippen LogP contribution is -2.13. The van der Waals surface area contributed by atoms with Crippen molar-refractivity contribution in [1.82, 2.24) is 5.16 Å². The van der Waals surface area contributed by atoms with E-state index in [0.29, 0.717) is 22.1 Å². The number of hydrogen-bond acceptors (Lipinski definition) is 6. The summed E-state index contributed by atoms with van der Waals surface area (Å²) in [5.74, 6) is 1.20. The third kappa shape index (κ3) is 3.22. The van der Waals surface area contributed by atoms with Crippen LogP contribution in [0.4, 0.5) is 5.69 Å². The Balaban J connectivity index is 1.90. The van der Waals surface area contributed by atoms with Gasteiger partial charge in [-0.3, -0.25) is 4.72 Å². The van der Waals surface area contributed by atoms with E-state index in [2.05, 4.69) is 9.88 Å². The molecule has 3 rings (SSSR count). The molecule has 0 saturated heterocycles. The van der Waals surface area contributed by atoms with E-state index < -0.39 is 10.0 Å². The first-order chi connectivity index (χ1) is 11.0. The Morgan fingerprint density at radius 2 is 1.96 bits per heavy atom. The second-order valence-electron chi connectivity index (χ2n) is 4.74. The molecule has 23 heavy (non-hydrogen) atoms. The van der Waals surface area contributed by atoms with Crippen molar-refractivity contribution in [3.05, 3.63) is 47.5 Å². The third-order valence-electron chi connectivity index (χ3n) is 3.18. The van der Waals surface area contributed by atoms with Crippen molar-refractivity contribution in [2.75, 3.05) is 11.8 Å². The predicted octanol–water partition coefficient (Wildman–Crippen LogP) is 3.52. The third-order valence-corrected chi connectivity index (χ3v) is 5.89. The summed E-state index contributed by atoms with van der Waals surface area (Å²) in [4.78, 5) is 1.62. The molecule has 0 spiro atoms. The number of nitrogens with zero attached hydrogens (tertiary/aromatic N) is 1. The van der Waals surface area contributed by atoms with E-state index in [1.165, 1.54) is 17.5 Å². The van der Waals surface area contributed by atoms with Gasteiger partial charge >= 0.3 is 0 Å². The van der Waals surface area contributed by atoms with Gasteiger partial charge in [0.05, 0.1) is 18.2 Å². The van der Waals surface area contributed by atoms with Gasteiger partial charge in [0.15, 0.2) is 5.76 Å². The summed E-state index contributed by atoms with van der Waals surface area (Å²) in [5, 5.41) is 3.64. The Bertz CT molecular complexity index is 898. The average Bonchev–Trinajstić information content (AvgIpc) is 3.17. The number of sulfonamides is 1. The fourth-order valence-corrected chi connectivity index (χ4v) is 4.67. The normalized spacial score (nSPS) is 11.4. The fourth-order valence-electron chi connectivity index (χ4n) is 2.07. The van der Waals surface area contributed by atoms with Crippen LogP contribution >= 0.6 is 11.3 Å². The van der Waals surface area contributed by atoms with Gasteiger partial charge in [-0.1, -0.05) is 5.16 Å². The summed E-state index contributed by atoms with van der Waals surface area (Å²) in [7, 11) is -2.12. The van der Waals surface area contributed by atoms with Crippen LogP contribution < -0.4 is 9.46 Å². The number of nitrogens with one attached hydrogen (secondary N) is 1. The van der Waals surface area contributed by atoms with E-state index in [1.54, 1.807) is 50.4 Å². The minimum Gasteiger partial charge on any atom is -0.497 e. The highest BCUT2D eigenvalue weighted by molar-refractivity contribution is 7.93. The quantitative estimate of drug-likeness (QED) is 0.761. The van der Waals surface area contributed by atoms with Crippen LogP contribution in [-0.4, -0.2) is 20.7 Å². The van der Waals surface area contributed by atoms with Gasteiger partial charge in [-0.05, 0) is 37.3 Å². The number of thiophene rings is 1. The molecule has 0 bridgehead atoms. The second-order valence-corrected chi connectivity index (χ2v) is 7.65. The van der Waals surface area contributed by atoms with Crippen molar-refractivity contribution in [3.8, 4) is 16.4 Å².